The van der Waals surface area contributed by atoms with E-state index in [4.69, 9.17) is 0 Å². The molecule has 3 aliphatic rings. The van der Waals surface area contributed by atoms with Gasteiger partial charge in [-0.3, -0.25) is 0 Å². The van der Waals surface area contributed by atoms with Crippen LogP contribution < -0.4 is 10.6 Å². The van der Waals surface area contributed by atoms with Gasteiger partial charge in [-0.2, -0.15) is 0 Å². The molecule has 3 unspecified atom stereocenters. The molecule has 2 saturated heterocycles. The molecule has 0 spiro atoms. The summed E-state index contributed by atoms with van der Waals surface area (Å²) in [4.78, 5) is 2.63. The van der Waals surface area contributed by atoms with E-state index >= 15 is 0 Å². The number of likely N-dealkylation sites (tertiary alicyclic amines) is 1. The summed E-state index contributed by atoms with van der Waals surface area (Å²) in [7, 11) is 0. The van der Waals surface area contributed by atoms with E-state index in [9.17, 15) is 0 Å². The van der Waals surface area contributed by atoms with Gasteiger partial charge in [0.25, 0.3) is 0 Å². The number of hydrogen-bond donors (Lipinski definition) is 2. The highest BCUT2D eigenvalue weighted by atomic mass is 15.1. The van der Waals surface area contributed by atoms with Crippen molar-refractivity contribution in [3.05, 3.63) is 0 Å². The predicted octanol–water partition coefficient (Wildman–Crippen LogP) is 1.98. The van der Waals surface area contributed by atoms with Crippen LogP contribution in [0.25, 0.3) is 0 Å². The molecule has 3 heteroatoms. The van der Waals surface area contributed by atoms with Crippen LogP contribution in [0.15, 0.2) is 0 Å². The van der Waals surface area contributed by atoms with Crippen LogP contribution in [-0.4, -0.2) is 49.7 Å². The van der Waals surface area contributed by atoms with E-state index < -0.39 is 0 Å². The summed E-state index contributed by atoms with van der Waals surface area (Å²) in [6.07, 6.45) is 11.3. The Labute approximate surface area is 118 Å². The van der Waals surface area contributed by atoms with Crippen LogP contribution in [-0.2, 0) is 0 Å². The Bertz CT molecular complexity index is 257. The number of nitrogens with one attached hydrogen (secondary N) is 2. The fraction of sp³-hybridized carbons (Fsp3) is 1.00. The summed E-state index contributed by atoms with van der Waals surface area (Å²) in [6.45, 7) is 6.48. The first-order valence-corrected chi connectivity index (χ1v) is 8.62. The molecule has 2 heterocycles. The van der Waals surface area contributed by atoms with Crippen molar-refractivity contribution in [3.8, 4) is 0 Å². The van der Waals surface area contributed by atoms with Gasteiger partial charge in [-0.05, 0) is 83.6 Å². The number of rotatable bonds is 6. The van der Waals surface area contributed by atoms with Crippen molar-refractivity contribution in [2.75, 3.05) is 32.7 Å². The van der Waals surface area contributed by atoms with Crippen molar-refractivity contribution < 1.29 is 0 Å². The molecule has 0 bridgehead atoms. The maximum Gasteiger partial charge on any atom is 0.0111 e. The molecule has 3 nitrogen and oxygen atoms in total. The fourth-order valence-corrected chi connectivity index (χ4v) is 4.40. The lowest BCUT2D eigenvalue weighted by atomic mass is 9.93. The molecular weight excluding hydrogens is 234 g/mol. The maximum absolute atomic E-state index is 3.87. The third kappa shape index (κ3) is 3.71. The first-order valence-electron chi connectivity index (χ1n) is 8.62. The Morgan fingerprint density at radius 1 is 1.00 bits per heavy atom. The largest absolute Gasteiger partial charge is 0.314 e. The van der Waals surface area contributed by atoms with Gasteiger partial charge in [-0.25, -0.2) is 0 Å². The molecule has 0 radical (unpaired) electrons. The Kier molecular flexibility index (Phi) is 5.14. The van der Waals surface area contributed by atoms with Gasteiger partial charge < -0.3 is 15.5 Å². The quantitative estimate of drug-likeness (QED) is 0.719. The second-order valence-electron chi connectivity index (χ2n) is 6.76. The van der Waals surface area contributed by atoms with Crippen LogP contribution in [0.4, 0.5) is 0 Å². The lowest BCUT2D eigenvalue weighted by Gasteiger charge is -2.27. The Morgan fingerprint density at radius 2 is 1.89 bits per heavy atom. The van der Waals surface area contributed by atoms with Crippen molar-refractivity contribution >= 4 is 0 Å². The molecule has 1 saturated carbocycles. The van der Waals surface area contributed by atoms with Crippen molar-refractivity contribution in [1.29, 1.82) is 0 Å². The molecule has 3 fully saturated rings. The number of nitrogens with zero attached hydrogens (tertiary/aromatic N) is 1. The molecule has 0 aromatic heterocycles. The van der Waals surface area contributed by atoms with E-state index in [1.807, 2.05) is 0 Å². The zero-order valence-corrected chi connectivity index (χ0v) is 12.4. The van der Waals surface area contributed by atoms with Gasteiger partial charge >= 0.3 is 0 Å². The van der Waals surface area contributed by atoms with Crippen molar-refractivity contribution in [2.24, 2.45) is 5.92 Å². The van der Waals surface area contributed by atoms with Crippen molar-refractivity contribution in [3.63, 3.8) is 0 Å². The molecule has 0 aromatic rings. The molecule has 110 valence electrons. The summed E-state index contributed by atoms with van der Waals surface area (Å²) >= 11 is 0. The summed E-state index contributed by atoms with van der Waals surface area (Å²) in [5, 5.41) is 7.58. The molecule has 2 N–H and O–H groups in total. The second kappa shape index (κ2) is 7.05. The fourth-order valence-electron chi connectivity index (χ4n) is 4.40. The van der Waals surface area contributed by atoms with Crippen LogP contribution in [0.2, 0.25) is 0 Å². The van der Waals surface area contributed by atoms with E-state index in [2.05, 4.69) is 15.5 Å². The van der Waals surface area contributed by atoms with E-state index in [-0.39, 0.29) is 0 Å². The maximum atomic E-state index is 3.87. The van der Waals surface area contributed by atoms with Crippen LogP contribution in [0, 0.1) is 5.92 Å². The van der Waals surface area contributed by atoms with E-state index in [0.717, 1.165) is 18.0 Å². The lowest BCUT2D eigenvalue weighted by Crippen LogP contribution is -2.42. The van der Waals surface area contributed by atoms with Gasteiger partial charge in [-0.15, -0.1) is 0 Å². The molecule has 2 aliphatic heterocycles. The van der Waals surface area contributed by atoms with Gasteiger partial charge in [0.1, 0.15) is 0 Å². The first kappa shape index (κ1) is 13.8. The average molecular weight is 265 g/mol. The van der Waals surface area contributed by atoms with Gasteiger partial charge in [-0.1, -0.05) is 6.42 Å². The van der Waals surface area contributed by atoms with Gasteiger partial charge in [0.05, 0.1) is 0 Å². The second-order valence-corrected chi connectivity index (χ2v) is 6.76. The van der Waals surface area contributed by atoms with E-state index in [1.54, 1.807) is 0 Å². The number of hydrogen-bond acceptors (Lipinski definition) is 3. The van der Waals surface area contributed by atoms with Crippen LogP contribution in [0.1, 0.15) is 51.4 Å². The smallest absolute Gasteiger partial charge is 0.0111 e. The van der Waals surface area contributed by atoms with Crippen LogP contribution in [0.3, 0.4) is 0 Å². The van der Waals surface area contributed by atoms with Crippen molar-refractivity contribution in [2.45, 2.75) is 63.5 Å². The van der Waals surface area contributed by atoms with E-state index in [1.165, 1.54) is 84.1 Å². The minimum atomic E-state index is 0.800. The van der Waals surface area contributed by atoms with E-state index in [0.29, 0.717) is 0 Å². The zero-order chi connectivity index (χ0) is 12.9. The standard InChI is InChI=1S/C16H31N3/c1-2-12-19(11-1)13-5-10-18-15-7-3-6-14(15)16-8-4-9-17-16/h14-18H,1-13H2. The third-order valence-electron chi connectivity index (χ3n) is 5.44. The summed E-state index contributed by atoms with van der Waals surface area (Å²) in [6, 6.07) is 1.62. The predicted molar refractivity (Wildman–Crippen MR) is 80.4 cm³/mol. The molecular formula is C16H31N3. The Hall–Kier alpha value is -0.120. The highest BCUT2D eigenvalue weighted by Crippen LogP contribution is 2.31. The minimum Gasteiger partial charge on any atom is -0.314 e. The molecule has 1 aliphatic carbocycles. The SMILES string of the molecule is C1CNC(C2CCCC2NCCCN2CCCC2)C1. The third-order valence-corrected chi connectivity index (χ3v) is 5.44. The van der Waals surface area contributed by atoms with Crippen LogP contribution >= 0.6 is 0 Å². The lowest BCUT2D eigenvalue weighted by molar-refractivity contribution is 0.300. The molecule has 3 rings (SSSR count). The summed E-state index contributed by atoms with van der Waals surface area (Å²) in [5.74, 6) is 0.911. The zero-order valence-electron chi connectivity index (χ0n) is 12.4. The van der Waals surface area contributed by atoms with Gasteiger partial charge in [0, 0.05) is 12.1 Å². The topological polar surface area (TPSA) is 27.3 Å². The molecule has 0 amide bonds. The van der Waals surface area contributed by atoms with Crippen LogP contribution in [0.5, 0.6) is 0 Å². The first-order chi connectivity index (χ1) is 9.43. The molecule has 3 atom stereocenters. The average Bonchev–Trinajstić information content (AvgIpc) is 3.15. The summed E-state index contributed by atoms with van der Waals surface area (Å²) in [5.41, 5.74) is 0. The van der Waals surface area contributed by atoms with Crippen molar-refractivity contribution in [1.82, 2.24) is 15.5 Å². The monoisotopic (exact) mass is 265 g/mol. The highest BCUT2D eigenvalue weighted by Gasteiger charge is 2.34. The van der Waals surface area contributed by atoms with Gasteiger partial charge in [0.15, 0.2) is 0 Å². The van der Waals surface area contributed by atoms with Gasteiger partial charge in [0.2, 0.25) is 0 Å². The molecule has 0 aromatic carbocycles. The molecule has 19 heavy (non-hydrogen) atoms. The Balaban J connectivity index is 1.34. The Morgan fingerprint density at radius 3 is 2.68 bits per heavy atom. The minimum absolute atomic E-state index is 0.800. The highest BCUT2D eigenvalue weighted by molar-refractivity contribution is 4.93. The normalized spacial score (nSPS) is 36.3. The summed E-state index contributed by atoms with van der Waals surface area (Å²) < 4.78 is 0.